The molecule has 2 aliphatic heterocycles. The molecule has 0 unspecified atom stereocenters. The normalized spacial score (nSPS) is 26.4. The number of nitrogens with zero attached hydrogens (tertiary/aromatic N) is 1. The first-order chi connectivity index (χ1) is 5.47. The molecule has 3 nitrogen and oxygen atoms in total. The molecule has 0 bridgehead atoms. The number of amidine groups is 1. The molecule has 0 aromatic heterocycles. The van der Waals surface area contributed by atoms with Crippen LogP contribution < -0.4 is 10.6 Å². The molecule has 2 heterocycles. The third kappa shape index (κ3) is 1.53. The average molecular weight is 153 g/mol. The van der Waals surface area contributed by atoms with Gasteiger partial charge in [0, 0.05) is 12.5 Å². The first-order valence-electron chi connectivity index (χ1n) is 4.46. The van der Waals surface area contributed by atoms with Crippen LogP contribution in [0.15, 0.2) is 4.99 Å². The van der Waals surface area contributed by atoms with Gasteiger partial charge in [0.1, 0.15) is 0 Å². The van der Waals surface area contributed by atoms with Gasteiger partial charge in [-0.2, -0.15) is 0 Å². The second-order valence-corrected chi connectivity index (χ2v) is 3.22. The minimum absolute atomic E-state index is 0.721. The predicted molar refractivity (Wildman–Crippen MR) is 45.9 cm³/mol. The van der Waals surface area contributed by atoms with Gasteiger partial charge >= 0.3 is 0 Å². The Balaban J connectivity index is 1.92. The van der Waals surface area contributed by atoms with Gasteiger partial charge < -0.3 is 10.6 Å². The zero-order valence-corrected chi connectivity index (χ0v) is 6.77. The number of aliphatic imine (C=N–C) groups is 1. The van der Waals surface area contributed by atoms with Crippen molar-refractivity contribution in [1.29, 1.82) is 0 Å². The summed E-state index contributed by atoms with van der Waals surface area (Å²) in [7, 11) is 0. The Labute approximate surface area is 67.3 Å². The van der Waals surface area contributed by atoms with E-state index in [1.807, 2.05) is 0 Å². The molecule has 11 heavy (non-hydrogen) atoms. The maximum absolute atomic E-state index is 4.44. The third-order valence-corrected chi connectivity index (χ3v) is 2.43. The van der Waals surface area contributed by atoms with E-state index in [0.29, 0.717) is 0 Å². The van der Waals surface area contributed by atoms with E-state index in [9.17, 15) is 0 Å². The second kappa shape index (κ2) is 3.22. The van der Waals surface area contributed by atoms with Gasteiger partial charge in [-0.05, 0) is 25.9 Å². The molecule has 0 saturated carbocycles. The Bertz CT molecular complexity index is 159. The molecule has 0 aromatic carbocycles. The Morgan fingerprint density at radius 1 is 1.18 bits per heavy atom. The van der Waals surface area contributed by atoms with E-state index in [4.69, 9.17) is 0 Å². The van der Waals surface area contributed by atoms with E-state index in [1.165, 1.54) is 18.7 Å². The number of nitrogens with one attached hydrogen (secondary N) is 2. The molecule has 0 aromatic rings. The number of hydrogen-bond acceptors (Lipinski definition) is 3. The topological polar surface area (TPSA) is 36.4 Å². The van der Waals surface area contributed by atoms with Crippen LogP contribution in [0.3, 0.4) is 0 Å². The summed E-state index contributed by atoms with van der Waals surface area (Å²) in [6.07, 6.45) is 2.51. The Morgan fingerprint density at radius 3 is 2.64 bits per heavy atom. The molecule has 3 heteroatoms. The van der Waals surface area contributed by atoms with Crippen LogP contribution in [-0.2, 0) is 0 Å². The van der Waals surface area contributed by atoms with Gasteiger partial charge in [-0.3, -0.25) is 4.99 Å². The van der Waals surface area contributed by atoms with Crippen molar-refractivity contribution in [2.24, 2.45) is 10.9 Å². The standard InChI is InChI=1S/C8H15N3/c1-3-9-4-2-7(1)8-10-5-6-11-8/h7,9H,1-6H2,(H,10,11). The summed E-state index contributed by atoms with van der Waals surface area (Å²) in [4.78, 5) is 4.44. The third-order valence-electron chi connectivity index (χ3n) is 2.43. The van der Waals surface area contributed by atoms with Crippen LogP contribution in [0.5, 0.6) is 0 Å². The molecule has 0 aliphatic carbocycles. The van der Waals surface area contributed by atoms with Crippen LogP contribution in [0, 0.1) is 5.92 Å². The Morgan fingerprint density at radius 2 is 2.00 bits per heavy atom. The highest BCUT2D eigenvalue weighted by atomic mass is 15.1. The molecular weight excluding hydrogens is 138 g/mol. The number of hydrogen-bond donors (Lipinski definition) is 2. The highest BCUT2D eigenvalue weighted by molar-refractivity contribution is 5.85. The summed E-state index contributed by atoms with van der Waals surface area (Å²) in [6.45, 7) is 4.36. The van der Waals surface area contributed by atoms with Crippen molar-refractivity contribution < 1.29 is 0 Å². The summed E-state index contributed by atoms with van der Waals surface area (Å²) in [6, 6.07) is 0. The van der Waals surface area contributed by atoms with Gasteiger partial charge in [0.25, 0.3) is 0 Å². The zero-order valence-electron chi connectivity index (χ0n) is 6.77. The molecule has 0 spiro atoms. The minimum Gasteiger partial charge on any atom is -0.372 e. The monoisotopic (exact) mass is 153 g/mol. The lowest BCUT2D eigenvalue weighted by Crippen LogP contribution is -2.36. The van der Waals surface area contributed by atoms with Crippen LogP contribution in [0.4, 0.5) is 0 Å². The van der Waals surface area contributed by atoms with Gasteiger partial charge in [0.05, 0.1) is 12.4 Å². The highest BCUT2D eigenvalue weighted by Gasteiger charge is 2.20. The quantitative estimate of drug-likeness (QED) is 0.556. The largest absolute Gasteiger partial charge is 0.372 e. The first-order valence-corrected chi connectivity index (χ1v) is 4.46. The first kappa shape index (κ1) is 7.10. The fourth-order valence-corrected chi connectivity index (χ4v) is 1.79. The van der Waals surface area contributed by atoms with Crippen molar-refractivity contribution in [2.75, 3.05) is 26.2 Å². The van der Waals surface area contributed by atoms with Gasteiger partial charge in [0.2, 0.25) is 0 Å². The van der Waals surface area contributed by atoms with E-state index in [-0.39, 0.29) is 0 Å². The number of piperidine rings is 1. The summed E-state index contributed by atoms with van der Waals surface area (Å²) in [5.74, 6) is 1.99. The molecule has 1 fully saturated rings. The van der Waals surface area contributed by atoms with Gasteiger partial charge in [-0.25, -0.2) is 0 Å². The summed E-state index contributed by atoms with van der Waals surface area (Å²) < 4.78 is 0. The van der Waals surface area contributed by atoms with Crippen LogP contribution in [0.1, 0.15) is 12.8 Å². The number of rotatable bonds is 1. The van der Waals surface area contributed by atoms with E-state index >= 15 is 0 Å². The summed E-state index contributed by atoms with van der Waals surface area (Å²) >= 11 is 0. The lowest BCUT2D eigenvalue weighted by molar-refractivity contribution is 0.451. The van der Waals surface area contributed by atoms with Crippen molar-refractivity contribution in [3.63, 3.8) is 0 Å². The Kier molecular flexibility index (Phi) is 2.08. The maximum atomic E-state index is 4.44. The molecule has 0 radical (unpaired) electrons. The van der Waals surface area contributed by atoms with Crippen molar-refractivity contribution in [1.82, 2.24) is 10.6 Å². The molecular formula is C8H15N3. The van der Waals surface area contributed by atoms with Crippen molar-refractivity contribution >= 4 is 5.84 Å². The molecule has 0 amide bonds. The molecule has 62 valence electrons. The summed E-state index contributed by atoms with van der Waals surface area (Å²) in [5.41, 5.74) is 0. The van der Waals surface area contributed by atoms with Crippen LogP contribution >= 0.6 is 0 Å². The van der Waals surface area contributed by atoms with Gasteiger partial charge in [-0.1, -0.05) is 0 Å². The lowest BCUT2D eigenvalue weighted by Gasteiger charge is -2.22. The molecule has 2 aliphatic rings. The van der Waals surface area contributed by atoms with E-state index in [0.717, 1.165) is 32.1 Å². The van der Waals surface area contributed by atoms with Crippen LogP contribution in [-0.4, -0.2) is 32.0 Å². The lowest BCUT2D eigenvalue weighted by atomic mass is 9.97. The smallest absolute Gasteiger partial charge is 0.0996 e. The average Bonchev–Trinajstić information content (AvgIpc) is 2.58. The highest BCUT2D eigenvalue weighted by Crippen LogP contribution is 2.13. The summed E-state index contributed by atoms with van der Waals surface area (Å²) in [5, 5.41) is 6.70. The maximum Gasteiger partial charge on any atom is 0.0996 e. The van der Waals surface area contributed by atoms with Gasteiger partial charge in [-0.15, -0.1) is 0 Å². The minimum atomic E-state index is 0.721. The SMILES string of the molecule is C1CNC(C2CCNCC2)=N1. The zero-order chi connectivity index (χ0) is 7.52. The van der Waals surface area contributed by atoms with Crippen molar-refractivity contribution in [2.45, 2.75) is 12.8 Å². The predicted octanol–water partition coefficient (Wildman–Crippen LogP) is -0.0123. The fourth-order valence-electron chi connectivity index (χ4n) is 1.79. The Hall–Kier alpha value is -0.570. The van der Waals surface area contributed by atoms with E-state index in [1.54, 1.807) is 0 Å². The van der Waals surface area contributed by atoms with Crippen molar-refractivity contribution in [3.8, 4) is 0 Å². The molecule has 2 rings (SSSR count). The van der Waals surface area contributed by atoms with Crippen LogP contribution in [0.2, 0.25) is 0 Å². The molecule has 0 atom stereocenters. The van der Waals surface area contributed by atoms with E-state index in [2.05, 4.69) is 15.6 Å². The second-order valence-electron chi connectivity index (χ2n) is 3.22. The molecule has 2 N–H and O–H groups in total. The molecule has 1 saturated heterocycles. The van der Waals surface area contributed by atoms with Gasteiger partial charge in [0.15, 0.2) is 0 Å². The van der Waals surface area contributed by atoms with Crippen LogP contribution in [0.25, 0.3) is 0 Å². The van der Waals surface area contributed by atoms with E-state index < -0.39 is 0 Å². The van der Waals surface area contributed by atoms with Crippen molar-refractivity contribution in [3.05, 3.63) is 0 Å². The fraction of sp³-hybridized carbons (Fsp3) is 0.875.